The van der Waals surface area contributed by atoms with Crippen LogP contribution < -0.4 is 5.73 Å². The van der Waals surface area contributed by atoms with Crippen LogP contribution in [0.2, 0.25) is 0 Å². The number of imidazole rings is 1. The first-order valence-electron chi connectivity index (χ1n) is 5.24. The molecule has 96 valence electrons. The summed E-state index contributed by atoms with van der Waals surface area (Å²) in [5, 5.41) is 0. The smallest absolute Gasteiger partial charge is 0.308 e. The van der Waals surface area contributed by atoms with Gasteiger partial charge in [-0.25, -0.2) is 8.96 Å². The molecule has 1 aromatic heterocycles. The number of anilines is 1. The van der Waals surface area contributed by atoms with E-state index in [4.69, 9.17) is 5.73 Å². The summed E-state index contributed by atoms with van der Waals surface area (Å²) in [6, 6.07) is 7.08. The summed E-state index contributed by atoms with van der Waals surface area (Å²) in [5.74, 6) is 0. The van der Waals surface area contributed by atoms with Gasteiger partial charge < -0.3 is 5.73 Å². The molecule has 0 amide bonds. The maximum atomic E-state index is 11.9. The number of benzene rings is 1. The van der Waals surface area contributed by atoms with Gasteiger partial charge in [0.2, 0.25) is 0 Å². The second kappa shape index (κ2) is 4.43. The number of nitrogen functional groups attached to an aromatic ring is 1. The molecule has 7 heteroatoms. The van der Waals surface area contributed by atoms with Gasteiger partial charge >= 0.3 is 10.2 Å². The Kier molecular flexibility index (Phi) is 3.10. The summed E-state index contributed by atoms with van der Waals surface area (Å²) < 4.78 is 25.9. The van der Waals surface area contributed by atoms with E-state index >= 15 is 0 Å². The van der Waals surface area contributed by atoms with Gasteiger partial charge in [0.25, 0.3) is 0 Å². The molecule has 2 aromatic rings. The van der Waals surface area contributed by atoms with E-state index in [-0.39, 0.29) is 0 Å². The van der Waals surface area contributed by atoms with Gasteiger partial charge in [0.15, 0.2) is 0 Å². The zero-order valence-corrected chi connectivity index (χ0v) is 10.9. The Morgan fingerprint density at radius 1 is 1.22 bits per heavy atom. The molecule has 0 saturated heterocycles. The van der Waals surface area contributed by atoms with E-state index in [1.807, 2.05) is 0 Å². The number of aromatic nitrogens is 2. The predicted molar refractivity (Wildman–Crippen MR) is 70.1 cm³/mol. The molecular formula is C11H14N4O2S. The molecule has 0 fully saturated rings. The lowest BCUT2D eigenvalue weighted by Gasteiger charge is -2.10. The molecule has 0 aliphatic carbocycles. The minimum Gasteiger partial charge on any atom is -0.399 e. The molecule has 2 N–H and O–H groups in total. The van der Waals surface area contributed by atoms with Crippen molar-refractivity contribution in [1.82, 2.24) is 13.3 Å². The van der Waals surface area contributed by atoms with E-state index in [0.717, 1.165) is 13.8 Å². The van der Waals surface area contributed by atoms with Crippen LogP contribution in [0.25, 0.3) is 11.3 Å². The lowest BCUT2D eigenvalue weighted by atomic mass is 10.1. The van der Waals surface area contributed by atoms with E-state index in [9.17, 15) is 8.42 Å². The molecule has 2 rings (SSSR count). The summed E-state index contributed by atoms with van der Waals surface area (Å²) in [6.07, 6.45) is 2.75. The van der Waals surface area contributed by atoms with E-state index in [1.54, 1.807) is 24.3 Å². The average Bonchev–Trinajstić information content (AvgIpc) is 2.79. The van der Waals surface area contributed by atoms with Crippen molar-refractivity contribution in [2.24, 2.45) is 0 Å². The number of nitrogens with zero attached hydrogens (tertiary/aromatic N) is 3. The Hall–Kier alpha value is -1.86. The zero-order chi connectivity index (χ0) is 13.3. The van der Waals surface area contributed by atoms with Crippen molar-refractivity contribution >= 4 is 15.9 Å². The van der Waals surface area contributed by atoms with Crippen LogP contribution in [0.15, 0.2) is 36.8 Å². The second-order valence-electron chi connectivity index (χ2n) is 4.00. The van der Waals surface area contributed by atoms with Crippen molar-refractivity contribution in [3.63, 3.8) is 0 Å². The van der Waals surface area contributed by atoms with Gasteiger partial charge in [-0.05, 0) is 12.1 Å². The van der Waals surface area contributed by atoms with E-state index in [1.165, 1.54) is 26.6 Å². The first-order valence-corrected chi connectivity index (χ1v) is 6.64. The van der Waals surface area contributed by atoms with Gasteiger partial charge in [-0.3, -0.25) is 0 Å². The highest BCUT2D eigenvalue weighted by molar-refractivity contribution is 7.87. The third-order valence-electron chi connectivity index (χ3n) is 2.49. The van der Waals surface area contributed by atoms with Gasteiger partial charge in [0.1, 0.15) is 6.33 Å². The third kappa shape index (κ3) is 2.22. The molecule has 1 heterocycles. The molecule has 0 unspecified atom stereocenters. The maximum absolute atomic E-state index is 11.9. The fourth-order valence-corrected chi connectivity index (χ4v) is 2.20. The quantitative estimate of drug-likeness (QED) is 0.833. The topological polar surface area (TPSA) is 81.2 Å². The highest BCUT2D eigenvalue weighted by Crippen LogP contribution is 2.19. The van der Waals surface area contributed by atoms with Crippen LogP contribution in [-0.2, 0) is 10.2 Å². The fourth-order valence-electron chi connectivity index (χ4n) is 1.42. The summed E-state index contributed by atoms with van der Waals surface area (Å²) >= 11 is 0. The van der Waals surface area contributed by atoms with Crippen LogP contribution in [0.4, 0.5) is 5.69 Å². The molecule has 1 aromatic carbocycles. The molecule has 0 aliphatic heterocycles. The highest BCUT2D eigenvalue weighted by atomic mass is 32.2. The summed E-state index contributed by atoms with van der Waals surface area (Å²) in [4.78, 5) is 4.08. The Balaban J connectivity index is 2.40. The molecule has 0 atom stereocenters. The summed E-state index contributed by atoms with van der Waals surface area (Å²) in [5.41, 5.74) is 7.64. The van der Waals surface area contributed by atoms with Crippen molar-refractivity contribution in [1.29, 1.82) is 0 Å². The van der Waals surface area contributed by atoms with E-state index in [0.29, 0.717) is 11.4 Å². The van der Waals surface area contributed by atoms with Crippen LogP contribution in [0, 0.1) is 0 Å². The number of hydrogen-bond acceptors (Lipinski definition) is 4. The van der Waals surface area contributed by atoms with E-state index < -0.39 is 10.2 Å². The Morgan fingerprint density at radius 2 is 1.83 bits per heavy atom. The molecule has 0 radical (unpaired) electrons. The van der Waals surface area contributed by atoms with Crippen molar-refractivity contribution in [3.05, 3.63) is 36.8 Å². The molecular weight excluding hydrogens is 252 g/mol. The molecule has 0 saturated carbocycles. The van der Waals surface area contributed by atoms with Gasteiger partial charge in [-0.2, -0.15) is 12.7 Å². The van der Waals surface area contributed by atoms with Gasteiger partial charge in [0.05, 0.1) is 5.69 Å². The number of rotatable bonds is 3. The number of nitrogens with two attached hydrogens (primary N) is 1. The van der Waals surface area contributed by atoms with Crippen LogP contribution in [0.3, 0.4) is 0 Å². The second-order valence-corrected chi connectivity index (χ2v) is 6.05. The first kappa shape index (κ1) is 12.6. The largest absolute Gasteiger partial charge is 0.399 e. The van der Waals surface area contributed by atoms with E-state index in [2.05, 4.69) is 4.98 Å². The standard InChI is InChI=1S/C11H14N4O2S/c1-14(2)18(16,17)15-7-11(13-8-15)9-3-5-10(12)6-4-9/h3-8H,12H2,1-2H3. The van der Waals surface area contributed by atoms with Crippen LogP contribution >= 0.6 is 0 Å². The van der Waals surface area contributed by atoms with Gasteiger partial charge in [-0.15, -0.1) is 0 Å². The summed E-state index contributed by atoms with van der Waals surface area (Å²) in [7, 11) is -0.569. The monoisotopic (exact) mass is 266 g/mol. The molecule has 0 spiro atoms. The van der Waals surface area contributed by atoms with Crippen molar-refractivity contribution in [2.45, 2.75) is 0 Å². The van der Waals surface area contributed by atoms with Gasteiger partial charge in [-0.1, -0.05) is 12.1 Å². The Labute approximate surface area is 106 Å². The average molecular weight is 266 g/mol. The molecule has 6 nitrogen and oxygen atoms in total. The molecule has 0 aliphatic rings. The fraction of sp³-hybridized carbons (Fsp3) is 0.182. The van der Waals surface area contributed by atoms with Crippen molar-refractivity contribution in [3.8, 4) is 11.3 Å². The highest BCUT2D eigenvalue weighted by Gasteiger charge is 2.16. The third-order valence-corrected chi connectivity index (χ3v) is 4.15. The predicted octanol–water partition coefficient (Wildman–Crippen LogP) is 0.787. The lowest BCUT2D eigenvalue weighted by Crippen LogP contribution is -2.27. The molecule has 0 bridgehead atoms. The summed E-state index contributed by atoms with van der Waals surface area (Å²) in [6.45, 7) is 0. The van der Waals surface area contributed by atoms with Crippen molar-refractivity contribution in [2.75, 3.05) is 19.8 Å². The van der Waals surface area contributed by atoms with Crippen molar-refractivity contribution < 1.29 is 8.42 Å². The Morgan fingerprint density at radius 3 is 2.39 bits per heavy atom. The first-order chi connectivity index (χ1) is 8.41. The maximum Gasteiger partial charge on any atom is 0.308 e. The zero-order valence-electron chi connectivity index (χ0n) is 10.1. The van der Waals surface area contributed by atoms with Gasteiger partial charge in [0, 0.05) is 31.5 Å². The van der Waals surface area contributed by atoms with Crippen LogP contribution in [0.5, 0.6) is 0 Å². The number of hydrogen-bond donors (Lipinski definition) is 1. The SMILES string of the molecule is CN(C)S(=O)(=O)n1cnc(-c2ccc(N)cc2)c1. The molecule has 18 heavy (non-hydrogen) atoms. The lowest BCUT2D eigenvalue weighted by molar-refractivity contribution is 0.510. The minimum atomic E-state index is -3.51. The normalized spacial score (nSPS) is 11.9. The minimum absolute atomic E-state index is 0.584. The Bertz CT molecular complexity index is 644. The van der Waals surface area contributed by atoms with Crippen LogP contribution in [0.1, 0.15) is 0 Å². The van der Waals surface area contributed by atoms with Crippen LogP contribution in [-0.4, -0.2) is 35.8 Å².